The van der Waals surface area contributed by atoms with Crippen molar-refractivity contribution in [3.8, 4) is 0 Å². The van der Waals surface area contributed by atoms with E-state index in [0.29, 0.717) is 18.6 Å². The molecule has 5 heteroatoms. The lowest BCUT2D eigenvalue weighted by molar-refractivity contribution is 0.552. The molecule has 1 aromatic heterocycles. The lowest BCUT2D eigenvalue weighted by Crippen LogP contribution is -2.38. The summed E-state index contributed by atoms with van der Waals surface area (Å²) in [6, 6.07) is 8.62. The number of hydrogen-bond donors (Lipinski definition) is 2. The van der Waals surface area contributed by atoms with Gasteiger partial charge in [0.2, 0.25) is 0 Å². The maximum atomic E-state index is 12.9. The Kier molecular flexibility index (Phi) is 7.49. The number of aromatic nitrogens is 1. The molecule has 2 N–H and O–H groups in total. The second-order valence-electron chi connectivity index (χ2n) is 8.46. The molecule has 1 saturated heterocycles. The number of allylic oxidation sites excluding steroid dienone is 5. The molecule has 0 bridgehead atoms. The summed E-state index contributed by atoms with van der Waals surface area (Å²) in [6.07, 6.45) is 17.4. The fraction of sp³-hybridized carbons (Fsp3) is 0.423. The molecule has 0 amide bonds. The van der Waals surface area contributed by atoms with Crippen LogP contribution in [0, 0.1) is 0 Å². The molecule has 1 fully saturated rings. The van der Waals surface area contributed by atoms with Crippen LogP contribution in [0.25, 0.3) is 10.8 Å². The van der Waals surface area contributed by atoms with Gasteiger partial charge >= 0.3 is 0 Å². The van der Waals surface area contributed by atoms with Gasteiger partial charge in [0.15, 0.2) is 0 Å². The summed E-state index contributed by atoms with van der Waals surface area (Å²) in [5.41, 5.74) is 4.52. The minimum atomic E-state index is -1.23. The van der Waals surface area contributed by atoms with Gasteiger partial charge in [0, 0.05) is 41.8 Å². The highest BCUT2D eigenvalue weighted by atomic mass is 32.2. The molecule has 1 aliphatic carbocycles. The molecule has 0 saturated carbocycles. The van der Waals surface area contributed by atoms with Crippen molar-refractivity contribution in [2.24, 2.45) is 0 Å². The van der Waals surface area contributed by atoms with Crippen LogP contribution in [-0.4, -0.2) is 27.8 Å². The number of nitrogens with zero attached hydrogens (tertiary/aromatic N) is 1. The average molecular weight is 436 g/mol. The zero-order valence-corrected chi connectivity index (χ0v) is 19.4. The van der Waals surface area contributed by atoms with Gasteiger partial charge in [-0.15, -0.1) is 0 Å². The third-order valence-corrected chi connectivity index (χ3v) is 7.64. The van der Waals surface area contributed by atoms with Gasteiger partial charge in [-0.25, -0.2) is 8.93 Å². The van der Waals surface area contributed by atoms with Crippen molar-refractivity contribution in [2.45, 2.75) is 69.4 Å². The SMILES string of the molecule is C/C=C(\CCC)C1=CC=C(C2CCC(CNS(=O)c3cccc4cnccc34)N2)CC1. The van der Waals surface area contributed by atoms with Crippen molar-refractivity contribution in [3.63, 3.8) is 0 Å². The van der Waals surface area contributed by atoms with Crippen molar-refractivity contribution < 1.29 is 4.21 Å². The van der Waals surface area contributed by atoms with Crippen molar-refractivity contribution in [2.75, 3.05) is 6.54 Å². The fourth-order valence-electron chi connectivity index (χ4n) is 4.75. The molecule has 164 valence electrons. The molecule has 0 spiro atoms. The molecule has 2 aliphatic rings. The van der Waals surface area contributed by atoms with E-state index in [1.54, 1.807) is 6.20 Å². The average Bonchev–Trinajstić information content (AvgIpc) is 3.30. The van der Waals surface area contributed by atoms with Gasteiger partial charge < -0.3 is 5.32 Å². The predicted octanol–water partition coefficient (Wildman–Crippen LogP) is 5.36. The second kappa shape index (κ2) is 10.5. The minimum absolute atomic E-state index is 0.350. The Morgan fingerprint density at radius 3 is 2.94 bits per heavy atom. The molecule has 3 atom stereocenters. The van der Waals surface area contributed by atoms with Gasteiger partial charge in [0.1, 0.15) is 11.0 Å². The molecule has 4 rings (SSSR count). The second-order valence-corrected chi connectivity index (χ2v) is 9.73. The van der Waals surface area contributed by atoms with Crippen LogP contribution in [0.5, 0.6) is 0 Å². The fourth-order valence-corrected chi connectivity index (χ4v) is 5.85. The highest BCUT2D eigenvalue weighted by molar-refractivity contribution is 7.83. The monoisotopic (exact) mass is 435 g/mol. The highest BCUT2D eigenvalue weighted by Gasteiger charge is 2.27. The summed E-state index contributed by atoms with van der Waals surface area (Å²) >= 11 is 0. The first-order valence-electron chi connectivity index (χ1n) is 11.5. The van der Waals surface area contributed by atoms with E-state index in [-0.39, 0.29) is 0 Å². The van der Waals surface area contributed by atoms with Crippen molar-refractivity contribution in [1.82, 2.24) is 15.0 Å². The van der Waals surface area contributed by atoms with Crippen molar-refractivity contribution in [1.29, 1.82) is 0 Å². The summed E-state index contributed by atoms with van der Waals surface area (Å²) in [4.78, 5) is 4.99. The first kappa shape index (κ1) is 22.1. The Morgan fingerprint density at radius 2 is 2.16 bits per heavy atom. The first-order chi connectivity index (χ1) is 15.2. The van der Waals surface area contributed by atoms with E-state index in [9.17, 15) is 4.21 Å². The van der Waals surface area contributed by atoms with Crippen LogP contribution in [0.3, 0.4) is 0 Å². The predicted molar refractivity (Wildman–Crippen MR) is 130 cm³/mol. The molecule has 0 radical (unpaired) electrons. The van der Waals surface area contributed by atoms with Crippen LogP contribution in [-0.2, 0) is 11.0 Å². The zero-order valence-electron chi connectivity index (χ0n) is 18.6. The van der Waals surface area contributed by atoms with Gasteiger partial charge in [0.25, 0.3) is 0 Å². The molecule has 31 heavy (non-hydrogen) atoms. The Labute approximate surface area is 188 Å². The minimum Gasteiger partial charge on any atom is -0.306 e. The topological polar surface area (TPSA) is 54.0 Å². The van der Waals surface area contributed by atoms with E-state index in [0.717, 1.165) is 41.4 Å². The molecule has 1 aromatic carbocycles. The van der Waals surface area contributed by atoms with Gasteiger partial charge in [-0.05, 0) is 62.3 Å². The van der Waals surface area contributed by atoms with E-state index >= 15 is 0 Å². The zero-order chi connectivity index (χ0) is 21.6. The van der Waals surface area contributed by atoms with Gasteiger partial charge in [0.05, 0.1) is 4.90 Å². The van der Waals surface area contributed by atoms with Crippen LogP contribution >= 0.6 is 0 Å². The Hall–Kier alpha value is -2.08. The van der Waals surface area contributed by atoms with E-state index < -0.39 is 11.0 Å². The van der Waals surface area contributed by atoms with Crippen LogP contribution in [0.1, 0.15) is 52.4 Å². The summed E-state index contributed by atoms with van der Waals surface area (Å²) in [5, 5.41) is 5.79. The first-order valence-corrected chi connectivity index (χ1v) is 12.6. The smallest absolute Gasteiger partial charge is 0.125 e. The third-order valence-electron chi connectivity index (χ3n) is 6.45. The number of benzene rings is 1. The summed E-state index contributed by atoms with van der Waals surface area (Å²) in [6.45, 7) is 5.10. The lowest BCUT2D eigenvalue weighted by Gasteiger charge is -2.22. The molecule has 3 unspecified atom stereocenters. The van der Waals surface area contributed by atoms with E-state index in [2.05, 4.69) is 47.1 Å². The Bertz CT molecular complexity index is 1030. The molecule has 2 heterocycles. The standard InChI is InChI=1S/C26H33N3OS/c1-3-6-19(4-2)20-9-11-21(12-10-20)25-14-13-23(29-25)18-28-31(30)26-8-5-7-22-17-27-16-15-24(22)26/h4-5,7-9,11,15-17,23,25,28-29H,3,6,10,12-14,18H2,1-2H3/b19-4+. The molecule has 4 nitrogen and oxygen atoms in total. The van der Waals surface area contributed by atoms with Gasteiger partial charge in [-0.2, -0.15) is 0 Å². The largest absolute Gasteiger partial charge is 0.306 e. The van der Waals surface area contributed by atoms with E-state index in [1.165, 1.54) is 29.6 Å². The molecule has 2 aromatic rings. The van der Waals surface area contributed by atoms with E-state index in [4.69, 9.17) is 0 Å². The van der Waals surface area contributed by atoms with Crippen LogP contribution in [0.2, 0.25) is 0 Å². The quantitative estimate of drug-likeness (QED) is 0.587. The van der Waals surface area contributed by atoms with Crippen LogP contribution < -0.4 is 10.0 Å². The third kappa shape index (κ3) is 5.22. The maximum absolute atomic E-state index is 12.9. The summed E-state index contributed by atoms with van der Waals surface area (Å²) < 4.78 is 16.2. The molecule has 1 aliphatic heterocycles. The number of rotatable bonds is 8. The van der Waals surface area contributed by atoms with Crippen LogP contribution in [0.4, 0.5) is 0 Å². The lowest BCUT2D eigenvalue weighted by atomic mass is 9.88. The molecular formula is C26H33N3OS. The van der Waals surface area contributed by atoms with Crippen molar-refractivity contribution in [3.05, 3.63) is 71.6 Å². The Balaban J connectivity index is 1.33. The van der Waals surface area contributed by atoms with E-state index in [1.807, 2.05) is 30.5 Å². The van der Waals surface area contributed by atoms with Gasteiger partial charge in [-0.3, -0.25) is 4.98 Å². The highest BCUT2D eigenvalue weighted by Crippen LogP contribution is 2.31. The maximum Gasteiger partial charge on any atom is 0.125 e. The Morgan fingerprint density at radius 1 is 1.26 bits per heavy atom. The van der Waals surface area contributed by atoms with Crippen LogP contribution in [0.15, 0.2) is 76.5 Å². The number of nitrogens with one attached hydrogen (secondary N) is 2. The number of hydrogen-bond acceptors (Lipinski definition) is 3. The molecular weight excluding hydrogens is 402 g/mol. The van der Waals surface area contributed by atoms with Crippen molar-refractivity contribution >= 4 is 21.8 Å². The van der Waals surface area contributed by atoms with Gasteiger partial charge in [-0.1, -0.05) is 49.3 Å². The summed E-state index contributed by atoms with van der Waals surface area (Å²) in [5.74, 6) is 0. The summed E-state index contributed by atoms with van der Waals surface area (Å²) in [7, 11) is -1.23. The number of pyridine rings is 1. The number of fused-ring (bicyclic) bond motifs is 1. The normalized spacial score (nSPS) is 23.0.